The summed E-state index contributed by atoms with van der Waals surface area (Å²) >= 11 is 6.01. The summed E-state index contributed by atoms with van der Waals surface area (Å²) in [5.74, 6) is -1.68. The number of urea groups is 1. The minimum Gasteiger partial charge on any atom is -0.478 e. The van der Waals surface area contributed by atoms with Gasteiger partial charge in [0.15, 0.2) is 0 Å². The number of rotatable bonds is 6. The third-order valence-corrected chi connectivity index (χ3v) is 5.28. The lowest BCUT2D eigenvalue weighted by Gasteiger charge is -2.12. The van der Waals surface area contributed by atoms with Crippen LogP contribution in [0.4, 0.5) is 10.5 Å². The molecule has 172 valence electrons. The largest absolute Gasteiger partial charge is 0.478 e. The summed E-state index contributed by atoms with van der Waals surface area (Å²) in [7, 11) is 0. The van der Waals surface area contributed by atoms with E-state index in [1.54, 1.807) is 36.4 Å². The molecule has 9 nitrogen and oxygen atoms in total. The van der Waals surface area contributed by atoms with Gasteiger partial charge < -0.3 is 20.2 Å². The lowest BCUT2D eigenvalue weighted by atomic mass is 10.1. The molecule has 2 aromatic carbocycles. The molecule has 10 heteroatoms. The Balaban J connectivity index is 1.46. The van der Waals surface area contributed by atoms with Gasteiger partial charge in [-0.05, 0) is 48.9 Å². The number of carboxylic acids is 1. The van der Waals surface area contributed by atoms with Crippen molar-refractivity contribution in [3.05, 3.63) is 82.2 Å². The maximum atomic E-state index is 12.7. The second-order valence-electron chi connectivity index (χ2n) is 7.50. The van der Waals surface area contributed by atoms with E-state index in [0.29, 0.717) is 17.0 Å². The molecule has 0 bridgehead atoms. The maximum absolute atomic E-state index is 12.7. The Morgan fingerprint density at radius 3 is 2.65 bits per heavy atom. The summed E-state index contributed by atoms with van der Waals surface area (Å²) in [6, 6.07) is 14.0. The van der Waals surface area contributed by atoms with Crippen LogP contribution in [0.1, 0.15) is 21.7 Å². The van der Waals surface area contributed by atoms with Gasteiger partial charge in [-0.2, -0.15) is 0 Å². The maximum Gasteiger partial charge on any atom is 0.337 e. The quantitative estimate of drug-likeness (QED) is 0.360. The van der Waals surface area contributed by atoms with E-state index in [2.05, 4.69) is 10.6 Å². The zero-order valence-electron chi connectivity index (χ0n) is 17.8. The normalized spacial score (nSPS) is 14.4. The number of anilines is 1. The molecule has 1 aliphatic heterocycles. The number of benzene rings is 2. The van der Waals surface area contributed by atoms with Crippen LogP contribution in [0, 0.1) is 6.92 Å². The van der Waals surface area contributed by atoms with Crippen LogP contribution in [0.3, 0.4) is 0 Å². The van der Waals surface area contributed by atoms with Gasteiger partial charge in [-0.15, -0.1) is 0 Å². The SMILES string of the molecule is Cc1cccc(NC(=O)CN2C(=O)N/C(=C\c3ccc(-c4ccc(C(=O)O)c(Cl)c4)o3)C2=O)c1. The predicted octanol–water partition coefficient (Wildman–Crippen LogP) is 4.14. The van der Waals surface area contributed by atoms with Crippen molar-refractivity contribution >= 4 is 47.2 Å². The number of carboxylic acid groups (broad SMARTS) is 1. The number of hydrogen-bond donors (Lipinski definition) is 3. The Kier molecular flexibility index (Phi) is 6.20. The Labute approximate surface area is 198 Å². The smallest absolute Gasteiger partial charge is 0.337 e. The molecule has 3 aromatic rings. The third kappa shape index (κ3) is 4.84. The van der Waals surface area contributed by atoms with Gasteiger partial charge in [0, 0.05) is 17.3 Å². The highest BCUT2D eigenvalue weighted by Crippen LogP contribution is 2.28. The molecule has 2 heterocycles. The molecule has 1 aliphatic rings. The van der Waals surface area contributed by atoms with Gasteiger partial charge in [0.05, 0.1) is 10.6 Å². The molecule has 34 heavy (non-hydrogen) atoms. The van der Waals surface area contributed by atoms with Crippen LogP contribution in [0.2, 0.25) is 5.02 Å². The van der Waals surface area contributed by atoms with Gasteiger partial charge in [0.1, 0.15) is 23.8 Å². The van der Waals surface area contributed by atoms with Crippen molar-refractivity contribution < 1.29 is 28.7 Å². The highest BCUT2D eigenvalue weighted by Gasteiger charge is 2.35. The van der Waals surface area contributed by atoms with Crippen LogP contribution in [0.15, 0.2) is 64.7 Å². The van der Waals surface area contributed by atoms with Crippen LogP contribution in [-0.4, -0.2) is 40.4 Å². The van der Waals surface area contributed by atoms with Gasteiger partial charge in [0.2, 0.25) is 5.91 Å². The van der Waals surface area contributed by atoms with Gasteiger partial charge in [-0.3, -0.25) is 9.59 Å². The van der Waals surface area contributed by atoms with Gasteiger partial charge in [-0.1, -0.05) is 29.8 Å². The number of aryl methyl sites for hydroxylation is 1. The summed E-state index contributed by atoms with van der Waals surface area (Å²) in [5, 5.41) is 14.2. The van der Waals surface area contributed by atoms with E-state index in [-0.39, 0.29) is 22.0 Å². The summed E-state index contributed by atoms with van der Waals surface area (Å²) in [6.07, 6.45) is 1.34. The first-order chi connectivity index (χ1) is 16.2. The molecule has 3 N–H and O–H groups in total. The summed E-state index contributed by atoms with van der Waals surface area (Å²) < 4.78 is 5.69. The molecule has 1 fully saturated rings. The zero-order chi connectivity index (χ0) is 24.4. The van der Waals surface area contributed by atoms with Crippen molar-refractivity contribution in [1.29, 1.82) is 0 Å². The van der Waals surface area contributed by atoms with Gasteiger partial charge in [0.25, 0.3) is 5.91 Å². The second kappa shape index (κ2) is 9.24. The van der Waals surface area contributed by atoms with Crippen molar-refractivity contribution in [2.75, 3.05) is 11.9 Å². The Morgan fingerprint density at radius 1 is 1.15 bits per heavy atom. The molecule has 4 rings (SSSR count). The van der Waals surface area contributed by atoms with E-state index in [1.807, 2.05) is 13.0 Å². The highest BCUT2D eigenvalue weighted by atomic mass is 35.5. The minimum absolute atomic E-state index is 0.0369. The van der Waals surface area contributed by atoms with Crippen LogP contribution < -0.4 is 10.6 Å². The number of nitrogens with zero attached hydrogens (tertiary/aromatic N) is 1. The van der Waals surface area contributed by atoms with Gasteiger partial charge >= 0.3 is 12.0 Å². The molecule has 0 spiro atoms. The van der Waals surface area contributed by atoms with Crippen molar-refractivity contribution in [1.82, 2.24) is 10.2 Å². The minimum atomic E-state index is -1.14. The number of nitrogens with one attached hydrogen (secondary N) is 2. The molecule has 4 amide bonds. The number of halogens is 1. The lowest BCUT2D eigenvalue weighted by molar-refractivity contribution is -0.127. The number of furan rings is 1. The molecule has 1 saturated heterocycles. The fourth-order valence-electron chi connectivity index (χ4n) is 3.35. The number of carbonyl (C=O) groups is 4. The van der Waals surface area contributed by atoms with Crippen molar-refractivity contribution in [2.45, 2.75) is 6.92 Å². The van der Waals surface area contributed by atoms with Gasteiger partial charge in [-0.25, -0.2) is 14.5 Å². The average molecular weight is 480 g/mol. The Morgan fingerprint density at radius 2 is 1.94 bits per heavy atom. The van der Waals surface area contributed by atoms with E-state index in [1.165, 1.54) is 18.2 Å². The first-order valence-corrected chi connectivity index (χ1v) is 10.4. The lowest BCUT2D eigenvalue weighted by Crippen LogP contribution is -2.38. The highest BCUT2D eigenvalue weighted by molar-refractivity contribution is 6.33. The average Bonchev–Trinajstić information content (AvgIpc) is 3.34. The molecule has 1 aromatic heterocycles. The Bertz CT molecular complexity index is 1360. The molecule has 0 unspecified atom stereocenters. The first kappa shape index (κ1) is 22.8. The van der Waals surface area contributed by atoms with Crippen molar-refractivity contribution in [3.8, 4) is 11.3 Å². The van der Waals surface area contributed by atoms with E-state index in [9.17, 15) is 19.2 Å². The number of amides is 4. The summed E-state index contributed by atoms with van der Waals surface area (Å²) in [5.41, 5.74) is 1.97. The third-order valence-electron chi connectivity index (χ3n) is 4.96. The van der Waals surface area contributed by atoms with E-state index < -0.39 is 30.4 Å². The topological polar surface area (TPSA) is 129 Å². The number of imide groups is 1. The fraction of sp³-hybridized carbons (Fsp3) is 0.0833. The molecule has 0 radical (unpaired) electrons. The van der Waals surface area contributed by atoms with Crippen molar-refractivity contribution in [3.63, 3.8) is 0 Å². The zero-order valence-corrected chi connectivity index (χ0v) is 18.6. The monoisotopic (exact) mass is 479 g/mol. The van der Waals surface area contributed by atoms with E-state index in [0.717, 1.165) is 10.5 Å². The fourth-order valence-corrected chi connectivity index (χ4v) is 3.61. The van der Waals surface area contributed by atoms with E-state index in [4.69, 9.17) is 21.1 Å². The first-order valence-electron chi connectivity index (χ1n) is 10.1. The van der Waals surface area contributed by atoms with Crippen LogP contribution >= 0.6 is 11.6 Å². The molecular formula is C24H18ClN3O6. The predicted molar refractivity (Wildman–Crippen MR) is 124 cm³/mol. The number of hydrogen-bond acceptors (Lipinski definition) is 5. The number of carbonyl (C=O) groups excluding carboxylic acids is 3. The van der Waals surface area contributed by atoms with Crippen molar-refractivity contribution in [2.24, 2.45) is 0 Å². The molecule has 0 atom stereocenters. The number of aromatic carboxylic acids is 1. The molecule has 0 saturated carbocycles. The summed E-state index contributed by atoms with van der Waals surface area (Å²) in [6.45, 7) is 1.43. The summed E-state index contributed by atoms with van der Waals surface area (Å²) in [4.78, 5) is 49.2. The Hall–Kier alpha value is -4.37. The second-order valence-corrected chi connectivity index (χ2v) is 7.91. The van der Waals surface area contributed by atoms with Crippen LogP contribution in [0.5, 0.6) is 0 Å². The van der Waals surface area contributed by atoms with Crippen LogP contribution in [-0.2, 0) is 9.59 Å². The standard InChI is InChI=1S/C24H18ClN3O6/c1-13-3-2-4-15(9-13)26-21(29)12-28-22(30)19(27-24(28)33)11-16-6-8-20(34-16)14-5-7-17(23(31)32)18(25)10-14/h2-11H,12H2,1H3,(H,26,29)(H,27,33)(H,31,32)/b19-11-. The molecular weight excluding hydrogens is 462 g/mol. The van der Waals surface area contributed by atoms with Crippen LogP contribution in [0.25, 0.3) is 17.4 Å². The van der Waals surface area contributed by atoms with E-state index >= 15 is 0 Å². The molecule has 0 aliphatic carbocycles.